The molecule has 3 N–H and O–H groups in total. The van der Waals surface area contributed by atoms with Gasteiger partial charge in [0.25, 0.3) is 0 Å². The second-order valence-electron chi connectivity index (χ2n) is 4.99. The zero-order chi connectivity index (χ0) is 13.8. The van der Waals surface area contributed by atoms with Gasteiger partial charge in [0.15, 0.2) is 0 Å². The Labute approximate surface area is 111 Å². The Hall–Kier alpha value is -1.63. The van der Waals surface area contributed by atoms with Gasteiger partial charge in [-0.2, -0.15) is 0 Å². The first kappa shape index (κ1) is 13.8. The molecule has 0 radical (unpaired) electrons. The number of hydrogen-bond donors (Lipinski definition) is 3. The Kier molecular flexibility index (Phi) is 4.36. The van der Waals surface area contributed by atoms with Gasteiger partial charge in [-0.15, -0.1) is 0 Å². The molecule has 2 saturated heterocycles. The molecule has 2 unspecified atom stereocenters. The van der Waals surface area contributed by atoms with E-state index in [9.17, 15) is 14.4 Å². The predicted octanol–water partition coefficient (Wildman–Crippen LogP) is -1.07. The van der Waals surface area contributed by atoms with Gasteiger partial charge in [-0.05, 0) is 19.4 Å². The molecule has 106 valence electrons. The summed E-state index contributed by atoms with van der Waals surface area (Å²) in [7, 11) is 0. The first-order valence-electron chi connectivity index (χ1n) is 6.60. The van der Waals surface area contributed by atoms with Crippen molar-refractivity contribution in [1.82, 2.24) is 15.5 Å². The van der Waals surface area contributed by atoms with Crippen LogP contribution in [0.3, 0.4) is 0 Å². The Morgan fingerprint density at radius 2 is 2.11 bits per heavy atom. The Morgan fingerprint density at radius 1 is 1.32 bits per heavy atom. The molecule has 2 heterocycles. The van der Waals surface area contributed by atoms with Crippen LogP contribution in [-0.2, 0) is 14.4 Å². The maximum Gasteiger partial charge on any atom is 0.305 e. The molecule has 0 bridgehead atoms. The highest BCUT2D eigenvalue weighted by molar-refractivity contribution is 5.91. The normalized spacial score (nSPS) is 27.2. The van der Waals surface area contributed by atoms with Crippen LogP contribution >= 0.6 is 0 Å². The highest BCUT2D eigenvalue weighted by Crippen LogP contribution is 2.15. The highest BCUT2D eigenvalue weighted by atomic mass is 16.4. The summed E-state index contributed by atoms with van der Waals surface area (Å²) in [5.74, 6) is -1.58. The maximum atomic E-state index is 12.2. The first-order chi connectivity index (χ1) is 9.08. The van der Waals surface area contributed by atoms with Crippen molar-refractivity contribution in [3.05, 3.63) is 0 Å². The topological polar surface area (TPSA) is 98.7 Å². The molecule has 2 atom stereocenters. The lowest BCUT2D eigenvalue weighted by Crippen LogP contribution is -2.58. The van der Waals surface area contributed by atoms with Crippen molar-refractivity contribution >= 4 is 17.8 Å². The third kappa shape index (κ3) is 3.44. The van der Waals surface area contributed by atoms with Crippen LogP contribution in [0.1, 0.15) is 25.7 Å². The van der Waals surface area contributed by atoms with E-state index < -0.39 is 12.0 Å². The van der Waals surface area contributed by atoms with E-state index in [1.54, 1.807) is 0 Å². The summed E-state index contributed by atoms with van der Waals surface area (Å²) in [5, 5.41) is 14.7. The number of carbonyl (C=O) groups excluding carboxylic acids is 2. The van der Waals surface area contributed by atoms with E-state index in [1.165, 1.54) is 4.90 Å². The summed E-state index contributed by atoms with van der Waals surface area (Å²) in [6.07, 6.45) is 2.01. The van der Waals surface area contributed by atoms with E-state index in [1.807, 2.05) is 0 Å². The number of aliphatic carboxylic acids is 1. The Morgan fingerprint density at radius 3 is 2.74 bits per heavy atom. The van der Waals surface area contributed by atoms with Crippen LogP contribution in [0.25, 0.3) is 0 Å². The van der Waals surface area contributed by atoms with Gasteiger partial charge in [0, 0.05) is 25.6 Å². The first-order valence-corrected chi connectivity index (χ1v) is 6.60. The number of carboxylic acids is 1. The molecule has 19 heavy (non-hydrogen) atoms. The van der Waals surface area contributed by atoms with E-state index in [-0.39, 0.29) is 24.3 Å². The highest BCUT2D eigenvalue weighted by Gasteiger charge is 2.35. The number of carbonyl (C=O) groups is 3. The second-order valence-corrected chi connectivity index (χ2v) is 4.99. The molecule has 0 saturated carbocycles. The van der Waals surface area contributed by atoms with Gasteiger partial charge in [-0.3, -0.25) is 14.4 Å². The minimum atomic E-state index is -1.07. The molecule has 7 heteroatoms. The quantitative estimate of drug-likeness (QED) is 0.603. The molecule has 2 rings (SSSR count). The monoisotopic (exact) mass is 269 g/mol. The molecule has 0 spiro atoms. The van der Waals surface area contributed by atoms with E-state index in [0.29, 0.717) is 19.5 Å². The van der Waals surface area contributed by atoms with Crippen LogP contribution in [0, 0.1) is 0 Å². The molecule has 2 amide bonds. The Balaban J connectivity index is 1.99. The van der Waals surface area contributed by atoms with Crippen molar-refractivity contribution in [2.75, 3.05) is 19.6 Å². The molecule has 2 aliphatic heterocycles. The number of amides is 2. The van der Waals surface area contributed by atoms with E-state index >= 15 is 0 Å². The fourth-order valence-corrected chi connectivity index (χ4v) is 2.64. The average molecular weight is 269 g/mol. The summed E-state index contributed by atoms with van der Waals surface area (Å²) >= 11 is 0. The third-order valence-corrected chi connectivity index (χ3v) is 3.60. The number of hydrogen-bond acceptors (Lipinski definition) is 4. The fraction of sp³-hybridized carbons (Fsp3) is 0.750. The van der Waals surface area contributed by atoms with Gasteiger partial charge in [-0.1, -0.05) is 0 Å². The number of nitrogens with zero attached hydrogens (tertiary/aromatic N) is 1. The summed E-state index contributed by atoms with van der Waals surface area (Å²) in [6, 6.07) is -0.719. The largest absolute Gasteiger partial charge is 0.481 e. The number of nitrogens with one attached hydrogen (secondary N) is 2. The van der Waals surface area contributed by atoms with Crippen molar-refractivity contribution in [1.29, 1.82) is 0 Å². The van der Waals surface area contributed by atoms with E-state index in [4.69, 9.17) is 5.11 Å². The molecule has 0 aliphatic carbocycles. The molecule has 7 nitrogen and oxygen atoms in total. The maximum absolute atomic E-state index is 12.2. The van der Waals surface area contributed by atoms with Gasteiger partial charge in [0.05, 0.1) is 6.42 Å². The van der Waals surface area contributed by atoms with Gasteiger partial charge in [-0.25, -0.2) is 0 Å². The molecule has 0 aromatic heterocycles. The lowest BCUT2D eigenvalue weighted by molar-refractivity contribution is -0.148. The molecule has 2 fully saturated rings. The van der Waals surface area contributed by atoms with Gasteiger partial charge in [0.1, 0.15) is 6.04 Å². The summed E-state index contributed by atoms with van der Waals surface area (Å²) in [6.45, 7) is 1.69. The number of carboxylic acid groups (broad SMARTS) is 1. The van der Waals surface area contributed by atoms with Crippen LogP contribution < -0.4 is 10.6 Å². The predicted molar refractivity (Wildman–Crippen MR) is 66.4 cm³/mol. The van der Waals surface area contributed by atoms with E-state index in [0.717, 1.165) is 19.4 Å². The van der Waals surface area contributed by atoms with Crippen molar-refractivity contribution in [3.8, 4) is 0 Å². The molecule has 0 aromatic carbocycles. The van der Waals surface area contributed by atoms with Gasteiger partial charge >= 0.3 is 5.97 Å². The molecule has 0 aromatic rings. The fourth-order valence-electron chi connectivity index (χ4n) is 2.64. The van der Waals surface area contributed by atoms with Crippen LogP contribution in [-0.4, -0.2) is 59.5 Å². The van der Waals surface area contributed by atoms with Crippen LogP contribution in [0.4, 0.5) is 0 Å². The zero-order valence-corrected chi connectivity index (χ0v) is 10.7. The summed E-state index contributed by atoms with van der Waals surface area (Å²) in [4.78, 5) is 36.1. The standard InChI is InChI=1S/C12H19N3O4/c16-10(6-8-2-1-3-13-8)15-5-4-14-12(19)9(15)7-11(17)18/h8-9,13H,1-7H2,(H,14,19)(H,17,18). The SMILES string of the molecule is O=C(O)CC1C(=O)NCCN1C(=O)CC1CCCN1. The van der Waals surface area contributed by atoms with Gasteiger partial charge in [0.2, 0.25) is 11.8 Å². The lowest BCUT2D eigenvalue weighted by Gasteiger charge is -2.34. The van der Waals surface area contributed by atoms with Gasteiger partial charge < -0.3 is 20.6 Å². The summed E-state index contributed by atoms with van der Waals surface area (Å²) in [5.41, 5.74) is 0. The van der Waals surface area contributed by atoms with Crippen LogP contribution in [0.5, 0.6) is 0 Å². The van der Waals surface area contributed by atoms with E-state index in [2.05, 4.69) is 10.6 Å². The lowest BCUT2D eigenvalue weighted by atomic mass is 10.1. The van der Waals surface area contributed by atoms with Crippen molar-refractivity contribution in [2.24, 2.45) is 0 Å². The zero-order valence-electron chi connectivity index (χ0n) is 10.7. The van der Waals surface area contributed by atoms with Crippen molar-refractivity contribution in [2.45, 2.75) is 37.8 Å². The molecular formula is C12H19N3O4. The second kappa shape index (κ2) is 6.01. The minimum absolute atomic E-state index is 0.138. The molecule has 2 aliphatic rings. The van der Waals surface area contributed by atoms with Crippen LogP contribution in [0.15, 0.2) is 0 Å². The Bertz CT molecular complexity index is 379. The van der Waals surface area contributed by atoms with Crippen molar-refractivity contribution < 1.29 is 19.5 Å². The minimum Gasteiger partial charge on any atom is -0.481 e. The molecular weight excluding hydrogens is 250 g/mol. The summed E-state index contributed by atoms with van der Waals surface area (Å²) < 4.78 is 0. The average Bonchev–Trinajstić information content (AvgIpc) is 2.84. The van der Waals surface area contributed by atoms with Crippen LogP contribution in [0.2, 0.25) is 0 Å². The third-order valence-electron chi connectivity index (χ3n) is 3.60. The van der Waals surface area contributed by atoms with Crippen molar-refractivity contribution in [3.63, 3.8) is 0 Å². The smallest absolute Gasteiger partial charge is 0.305 e. The number of rotatable bonds is 4. The number of piperazine rings is 1.